The lowest BCUT2D eigenvalue weighted by molar-refractivity contribution is 0.0536. The zero-order chi connectivity index (χ0) is 20.2. The molecule has 1 aliphatic heterocycles. The lowest BCUT2D eigenvalue weighted by atomic mass is 10.1. The molecule has 6 nitrogen and oxygen atoms in total. The molecular formula is C22H38N4O2. The zero-order valence-corrected chi connectivity index (χ0v) is 18.1. The fourth-order valence-corrected chi connectivity index (χ4v) is 3.62. The molecular weight excluding hydrogens is 352 g/mol. The minimum Gasteiger partial charge on any atom is -0.382 e. The Balaban J connectivity index is 1.87. The van der Waals surface area contributed by atoms with Gasteiger partial charge in [-0.25, -0.2) is 0 Å². The van der Waals surface area contributed by atoms with Crippen LogP contribution in [0.4, 0.5) is 5.69 Å². The van der Waals surface area contributed by atoms with Crippen LogP contribution in [-0.4, -0.2) is 77.1 Å². The highest BCUT2D eigenvalue weighted by Crippen LogP contribution is 2.19. The minimum absolute atomic E-state index is 0.569. The predicted octanol–water partition coefficient (Wildman–Crippen LogP) is 2.77. The van der Waals surface area contributed by atoms with Gasteiger partial charge in [0.05, 0.1) is 26.4 Å². The average molecular weight is 391 g/mol. The maximum absolute atomic E-state index is 5.71. The zero-order valence-electron chi connectivity index (χ0n) is 18.1. The quantitative estimate of drug-likeness (QED) is 0.358. The highest BCUT2D eigenvalue weighted by Gasteiger charge is 2.25. The molecule has 1 aromatic rings. The van der Waals surface area contributed by atoms with Crippen LogP contribution >= 0.6 is 0 Å². The van der Waals surface area contributed by atoms with E-state index in [0.717, 1.165) is 58.3 Å². The van der Waals surface area contributed by atoms with Gasteiger partial charge in [0.25, 0.3) is 0 Å². The van der Waals surface area contributed by atoms with Gasteiger partial charge in [-0.05, 0) is 38.8 Å². The van der Waals surface area contributed by atoms with E-state index in [0.29, 0.717) is 19.1 Å². The van der Waals surface area contributed by atoms with Crippen molar-refractivity contribution in [2.45, 2.75) is 27.2 Å². The van der Waals surface area contributed by atoms with Crippen LogP contribution in [0.15, 0.2) is 29.3 Å². The van der Waals surface area contributed by atoms with Crippen molar-refractivity contribution in [2.75, 3.05) is 71.1 Å². The molecule has 1 unspecified atom stereocenters. The largest absolute Gasteiger partial charge is 0.382 e. The molecule has 1 atom stereocenters. The molecule has 0 radical (unpaired) electrons. The van der Waals surface area contributed by atoms with E-state index in [1.807, 2.05) is 0 Å². The van der Waals surface area contributed by atoms with Crippen LogP contribution in [-0.2, 0) is 9.47 Å². The minimum atomic E-state index is 0.569. The Bertz CT molecular complexity index is 594. The molecule has 1 saturated heterocycles. The smallest absolute Gasteiger partial charge is 0.193 e. The Kier molecular flexibility index (Phi) is 10.1. The van der Waals surface area contributed by atoms with Gasteiger partial charge < -0.3 is 24.6 Å². The number of hydrogen-bond donors (Lipinski definition) is 1. The molecule has 1 heterocycles. The molecule has 1 aliphatic rings. The summed E-state index contributed by atoms with van der Waals surface area (Å²) in [6.07, 6.45) is 1.15. The monoisotopic (exact) mass is 390 g/mol. The van der Waals surface area contributed by atoms with Crippen molar-refractivity contribution < 1.29 is 9.47 Å². The predicted molar refractivity (Wildman–Crippen MR) is 117 cm³/mol. The third-order valence-corrected chi connectivity index (χ3v) is 5.17. The fourth-order valence-electron chi connectivity index (χ4n) is 3.62. The molecule has 0 aliphatic carbocycles. The summed E-state index contributed by atoms with van der Waals surface area (Å²) in [6.45, 7) is 14.3. The molecule has 0 amide bonds. The molecule has 0 aromatic heterocycles. The van der Waals surface area contributed by atoms with E-state index in [9.17, 15) is 0 Å². The van der Waals surface area contributed by atoms with Gasteiger partial charge in [0, 0.05) is 51.4 Å². The number of para-hydroxylation sites is 1. The Morgan fingerprint density at radius 2 is 2.11 bits per heavy atom. The summed E-state index contributed by atoms with van der Waals surface area (Å²) in [5.74, 6) is 1.60. The number of methoxy groups -OCH3 is 1. The summed E-state index contributed by atoms with van der Waals surface area (Å²) >= 11 is 0. The molecule has 0 saturated carbocycles. The van der Waals surface area contributed by atoms with E-state index < -0.39 is 0 Å². The van der Waals surface area contributed by atoms with Gasteiger partial charge in [-0.2, -0.15) is 0 Å². The normalized spacial score (nSPS) is 17.2. The van der Waals surface area contributed by atoms with Crippen LogP contribution in [0.2, 0.25) is 0 Å². The number of guanidine groups is 1. The van der Waals surface area contributed by atoms with Crippen LogP contribution in [0.25, 0.3) is 0 Å². The lowest BCUT2D eigenvalue weighted by Gasteiger charge is -2.25. The second kappa shape index (κ2) is 12.6. The molecule has 2 rings (SSSR count). The van der Waals surface area contributed by atoms with E-state index in [1.165, 1.54) is 11.3 Å². The maximum Gasteiger partial charge on any atom is 0.193 e. The number of nitrogens with one attached hydrogen (secondary N) is 1. The number of anilines is 1. The van der Waals surface area contributed by atoms with Crippen molar-refractivity contribution >= 4 is 11.6 Å². The summed E-state index contributed by atoms with van der Waals surface area (Å²) in [4.78, 5) is 9.69. The molecule has 0 spiro atoms. The van der Waals surface area contributed by atoms with Crippen molar-refractivity contribution in [1.82, 2.24) is 10.2 Å². The van der Waals surface area contributed by atoms with Gasteiger partial charge in [-0.15, -0.1) is 0 Å². The van der Waals surface area contributed by atoms with Crippen LogP contribution in [0.1, 0.15) is 25.8 Å². The summed E-state index contributed by atoms with van der Waals surface area (Å²) in [5.41, 5.74) is 2.62. The molecule has 1 aromatic carbocycles. The highest BCUT2D eigenvalue weighted by atomic mass is 16.5. The molecule has 158 valence electrons. The van der Waals surface area contributed by atoms with E-state index >= 15 is 0 Å². The van der Waals surface area contributed by atoms with E-state index in [1.54, 1.807) is 7.11 Å². The van der Waals surface area contributed by atoms with Gasteiger partial charge in [0.1, 0.15) is 0 Å². The van der Waals surface area contributed by atoms with Crippen molar-refractivity contribution in [3.05, 3.63) is 29.8 Å². The van der Waals surface area contributed by atoms with Crippen molar-refractivity contribution in [2.24, 2.45) is 10.9 Å². The standard InChI is InChI=1S/C22H38N4O2/c1-5-23-22(26-13-11-20(17-26)18-28-16-15-27-4)24-12-14-25(6-2)21-10-8-7-9-19(21)3/h7-10,20H,5-6,11-18H2,1-4H3,(H,23,24). The van der Waals surface area contributed by atoms with Crippen molar-refractivity contribution in [3.63, 3.8) is 0 Å². The SMILES string of the molecule is CCNC(=NCCN(CC)c1ccccc1C)N1CCC(COCCOC)C1. The number of nitrogens with zero attached hydrogens (tertiary/aromatic N) is 3. The molecule has 28 heavy (non-hydrogen) atoms. The van der Waals surface area contributed by atoms with Gasteiger partial charge in [-0.3, -0.25) is 4.99 Å². The third-order valence-electron chi connectivity index (χ3n) is 5.17. The maximum atomic E-state index is 5.71. The molecule has 1 fully saturated rings. The second-order valence-electron chi connectivity index (χ2n) is 7.27. The topological polar surface area (TPSA) is 49.3 Å². The van der Waals surface area contributed by atoms with Gasteiger partial charge in [-0.1, -0.05) is 18.2 Å². The number of aliphatic imine (C=N–C) groups is 1. The lowest BCUT2D eigenvalue weighted by Crippen LogP contribution is -2.41. The fraction of sp³-hybridized carbons (Fsp3) is 0.682. The number of likely N-dealkylation sites (N-methyl/N-ethyl adjacent to an activating group) is 1. The Morgan fingerprint density at radius 3 is 2.82 bits per heavy atom. The first kappa shape index (κ1) is 22.5. The number of benzene rings is 1. The van der Waals surface area contributed by atoms with Crippen LogP contribution < -0.4 is 10.2 Å². The summed E-state index contributed by atoms with van der Waals surface area (Å²) in [6, 6.07) is 8.57. The van der Waals surface area contributed by atoms with E-state index in [2.05, 4.69) is 60.2 Å². The summed E-state index contributed by atoms with van der Waals surface area (Å²) in [7, 11) is 1.71. The number of rotatable bonds is 11. The number of hydrogen-bond acceptors (Lipinski definition) is 4. The van der Waals surface area contributed by atoms with Crippen molar-refractivity contribution in [1.29, 1.82) is 0 Å². The van der Waals surface area contributed by atoms with Gasteiger partial charge >= 0.3 is 0 Å². The van der Waals surface area contributed by atoms with E-state index in [-0.39, 0.29) is 0 Å². The van der Waals surface area contributed by atoms with Gasteiger partial charge in [0.2, 0.25) is 0 Å². The highest BCUT2D eigenvalue weighted by molar-refractivity contribution is 5.80. The average Bonchev–Trinajstić information content (AvgIpc) is 3.17. The van der Waals surface area contributed by atoms with Crippen LogP contribution in [0, 0.1) is 12.8 Å². The Labute approximate surface area is 170 Å². The number of ether oxygens (including phenoxy) is 2. The number of likely N-dealkylation sites (tertiary alicyclic amines) is 1. The number of aryl methyl sites for hydroxylation is 1. The first-order chi connectivity index (χ1) is 13.7. The molecule has 0 bridgehead atoms. The van der Waals surface area contributed by atoms with Crippen LogP contribution in [0.5, 0.6) is 0 Å². The molecule has 1 N–H and O–H groups in total. The van der Waals surface area contributed by atoms with Crippen LogP contribution in [0.3, 0.4) is 0 Å². The first-order valence-corrected chi connectivity index (χ1v) is 10.6. The van der Waals surface area contributed by atoms with Crippen molar-refractivity contribution in [3.8, 4) is 0 Å². The summed E-state index contributed by atoms with van der Waals surface area (Å²) in [5, 5.41) is 3.46. The third kappa shape index (κ3) is 6.99. The van der Waals surface area contributed by atoms with Gasteiger partial charge in [0.15, 0.2) is 5.96 Å². The van der Waals surface area contributed by atoms with E-state index in [4.69, 9.17) is 14.5 Å². The Hall–Kier alpha value is -1.79. The summed E-state index contributed by atoms with van der Waals surface area (Å²) < 4.78 is 10.8. The first-order valence-electron chi connectivity index (χ1n) is 10.6. The molecule has 6 heteroatoms. The second-order valence-corrected chi connectivity index (χ2v) is 7.27. The Morgan fingerprint density at radius 1 is 1.29 bits per heavy atom.